The maximum absolute atomic E-state index is 13.1. The Morgan fingerprint density at radius 3 is 2.29 bits per heavy atom. The highest BCUT2D eigenvalue weighted by molar-refractivity contribution is 7.92. The van der Waals surface area contributed by atoms with Crippen LogP contribution in [0.5, 0.6) is 5.75 Å². The monoisotopic (exact) mass is 438 g/mol. The van der Waals surface area contributed by atoms with E-state index in [0.717, 1.165) is 11.1 Å². The number of hydrogen-bond acceptors (Lipinski definition) is 4. The second-order valence-corrected chi connectivity index (χ2v) is 9.08. The first-order valence-electron chi connectivity index (χ1n) is 9.79. The third kappa shape index (κ3) is 5.24. The molecule has 0 saturated carbocycles. The number of carbonyl (C=O) groups excluding carboxylic acids is 1. The third-order valence-corrected chi connectivity index (χ3v) is 6.49. The van der Waals surface area contributed by atoms with E-state index < -0.39 is 10.0 Å². The van der Waals surface area contributed by atoms with Crippen LogP contribution in [0.3, 0.4) is 0 Å². The van der Waals surface area contributed by atoms with Crippen molar-refractivity contribution in [1.82, 2.24) is 4.90 Å². The summed E-state index contributed by atoms with van der Waals surface area (Å²) in [5.74, 6) is 0.394. The molecule has 162 valence electrons. The summed E-state index contributed by atoms with van der Waals surface area (Å²) in [6.45, 7) is 4.23. The molecule has 1 N–H and O–H groups in total. The number of nitrogens with zero attached hydrogens (tertiary/aromatic N) is 1. The largest absolute Gasteiger partial charge is 0.497 e. The molecule has 0 fully saturated rings. The highest BCUT2D eigenvalue weighted by Crippen LogP contribution is 2.22. The molecule has 3 aromatic carbocycles. The van der Waals surface area contributed by atoms with Crippen molar-refractivity contribution in [1.29, 1.82) is 0 Å². The van der Waals surface area contributed by atoms with E-state index in [1.165, 1.54) is 12.1 Å². The van der Waals surface area contributed by atoms with Gasteiger partial charge in [0.2, 0.25) is 0 Å². The fraction of sp³-hybridized carbons (Fsp3) is 0.208. The average molecular weight is 439 g/mol. The van der Waals surface area contributed by atoms with Crippen molar-refractivity contribution in [2.45, 2.75) is 25.3 Å². The minimum Gasteiger partial charge on any atom is -0.497 e. The van der Waals surface area contributed by atoms with Crippen molar-refractivity contribution in [2.24, 2.45) is 0 Å². The van der Waals surface area contributed by atoms with Gasteiger partial charge in [-0.1, -0.05) is 30.3 Å². The van der Waals surface area contributed by atoms with Crippen molar-refractivity contribution in [3.05, 3.63) is 89.0 Å². The molecule has 1 amide bonds. The predicted octanol–water partition coefficient (Wildman–Crippen LogP) is 4.39. The summed E-state index contributed by atoms with van der Waals surface area (Å²) in [5.41, 5.74) is 3.62. The van der Waals surface area contributed by atoms with Crippen molar-refractivity contribution in [3.63, 3.8) is 0 Å². The third-order valence-electron chi connectivity index (χ3n) is 5.11. The van der Waals surface area contributed by atoms with Gasteiger partial charge in [0.05, 0.1) is 12.0 Å². The molecule has 0 atom stereocenters. The first-order chi connectivity index (χ1) is 14.7. The number of anilines is 1. The van der Waals surface area contributed by atoms with E-state index in [1.54, 1.807) is 56.3 Å². The van der Waals surface area contributed by atoms with Crippen molar-refractivity contribution in [3.8, 4) is 5.75 Å². The van der Waals surface area contributed by atoms with Crippen molar-refractivity contribution < 1.29 is 17.9 Å². The Hall–Kier alpha value is -3.32. The van der Waals surface area contributed by atoms with Gasteiger partial charge in [0.15, 0.2) is 0 Å². The SMILES string of the molecule is COc1ccc(NS(=O)(=O)c2ccc(C)c(C(=O)N(C)Cc3ccccc3C)c2)cc1. The zero-order valence-electron chi connectivity index (χ0n) is 18.0. The van der Waals surface area contributed by atoms with E-state index in [2.05, 4.69) is 4.72 Å². The Bertz CT molecular complexity index is 1190. The van der Waals surface area contributed by atoms with Crippen molar-refractivity contribution in [2.75, 3.05) is 18.9 Å². The molecule has 0 radical (unpaired) electrons. The lowest BCUT2D eigenvalue weighted by molar-refractivity contribution is 0.0784. The second kappa shape index (κ2) is 9.22. The number of amides is 1. The second-order valence-electron chi connectivity index (χ2n) is 7.40. The summed E-state index contributed by atoms with van der Waals surface area (Å²) in [5, 5.41) is 0. The number of rotatable bonds is 7. The van der Waals surface area contributed by atoms with Crippen LogP contribution in [0, 0.1) is 13.8 Å². The zero-order valence-corrected chi connectivity index (χ0v) is 18.9. The minimum atomic E-state index is -3.86. The van der Waals surface area contributed by atoms with Gasteiger partial charge in [-0.05, 0) is 66.9 Å². The van der Waals surface area contributed by atoms with E-state index in [9.17, 15) is 13.2 Å². The molecule has 0 aliphatic rings. The number of carbonyl (C=O) groups is 1. The van der Waals surface area contributed by atoms with Crippen LogP contribution in [0.4, 0.5) is 5.69 Å². The van der Waals surface area contributed by atoms with E-state index in [0.29, 0.717) is 29.1 Å². The van der Waals surface area contributed by atoms with Gasteiger partial charge in [-0.3, -0.25) is 9.52 Å². The highest BCUT2D eigenvalue weighted by atomic mass is 32.2. The molecule has 3 rings (SSSR count). The number of benzene rings is 3. The van der Waals surface area contributed by atoms with Gasteiger partial charge in [-0.25, -0.2) is 8.42 Å². The fourth-order valence-electron chi connectivity index (χ4n) is 3.19. The van der Waals surface area contributed by atoms with Crippen LogP contribution >= 0.6 is 0 Å². The number of hydrogen-bond donors (Lipinski definition) is 1. The normalized spacial score (nSPS) is 11.1. The lowest BCUT2D eigenvalue weighted by Crippen LogP contribution is -2.27. The predicted molar refractivity (Wildman–Crippen MR) is 122 cm³/mol. The first-order valence-corrected chi connectivity index (χ1v) is 11.3. The molecule has 0 aromatic heterocycles. The first kappa shape index (κ1) is 22.4. The molecule has 0 unspecified atom stereocenters. The topological polar surface area (TPSA) is 75.7 Å². The summed E-state index contributed by atoms with van der Waals surface area (Å²) < 4.78 is 33.4. The van der Waals surface area contributed by atoms with Gasteiger partial charge < -0.3 is 9.64 Å². The molecule has 0 aliphatic carbocycles. The lowest BCUT2D eigenvalue weighted by Gasteiger charge is -2.20. The van der Waals surface area contributed by atoms with Gasteiger partial charge >= 0.3 is 0 Å². The molecule has 6 nitrogen and oxygen atoms in total. The molecule has 3 aromatic rings. The van der Waals surface area contributed by atoms with Crippen LogP contribution < -0.4 is 9.46 Å². The van der Waals surface area contributed by atoms with Gasteiger partial charge in [-0.15, -0.1) is 0 Å². The van der Waals surface area contributed by atoms with Crippen LogP contribution in [-0.4, -0.2) is 33.4 Å². The number of aryl methyl sites for hydroxylation is 2. The number of nitrogens with one attached hydrogen (secondary N) is 1. The molecule has 0 bridgehead atoms. The Kier molecular flexibility index (Phi) is 6.65. The molecule has 0 aliphatic heterocycles. The maximum Gasteiger partial charge on any atom is 0.261 e. The minimum absolute atomic E-state index is 0.0292. The van der Waals surface area contributed by atoms with E-state index in [1.807, 2.05) is 31.2 Å². The Labute approximate surface area is 183 Å². The number of ether oxygens (including phenoxy) is 1. The highest BCUT2D eigenvalue weighted by Gasteiger charge is 2.20. The molecular formula is C24H26N2O4S. The van der Waals surface area contributed by atoms with E-state index in [4.69, 9.17) is 4.74 Å². The molecule has 7 heteroatoms. The summed E-state index contributed by atoms with van der Waals surface area (Å²) in [4.78, 5) is 14.7. The van der Waals surface area contributed by atoms with Gasteiger partial charge in [-0.2, -0.15) is 0 Å². The smallest absolute Gasteiger partial charge is 0.261 e. The standard InChI is InChI=1S/C24H26N2O4S/c1-17-7-5-6-8-19(17)16-26(3)24(27)23-15-22(14-9-18(23)2)31(28,29)25-20-10-12-21(30-4)13-11-20/h5-15,25H,16H2,1-4H3. The maximum atomic E-state index is 13.1. The van der Waals surface area contributed by atoms with Crippen molar-refractivity contribution >= 4 is 21.6 Å². The molecule has 0 heterocycles. The Balaban J connectivity index is 1.84. The van der Waals surface area contributed by atoms with Crippen LogP contribution in [-0.2, 0) is 16.6 Å². The lowest BCUT2D eigenvalue weighted by atomic mass is 10.1. The van der Waals surface area contributed by atoms with Gasteiger partial charge in [0.25, 0.3) is 15.9 Å². The molecule has 31 heavy (non-hydrogen) atoms. The van der Waals surface area contributed by atoms with Crippen LogP contribution in [0.2, 0.25) is 0 Å². The average Bonchev–Trinajstić information content (AvgIpc) is 2.75. The van der Waals surface area contributed by atoms with Gasteiger partial charge in [0.1, 0.15) is 5.75 Å². The Morgan fingerprint density at radius 2 is 1.65 bits per heavy atom. The summed E-state index contributed by atoms with van der Waals surface area (Å²) >= 11 is 0. The summed E-state index contributed by atoms with van der Waals surface area (Å²) in [7, 11) is -0.603. The van der Waals surface area contributed by atoms with Crippen LogP contribution in [0.1, 0.15) is 27.0 Å². The number of sulfonamides is 1. The molecule has 0 spiro atoms. The zero-order chi connectivity index (χ0) is 22.6. The fourth-order valence-corrected chi connectivity index (χ4v) is 4.28. The summed E-state index contributed by atoms with van der Waals surface area (Å²) in [6, 6.07) is 19.0. The Morgan fingerprint density at radius 1 is 0.968 bits per heavy atom. The van der Waals surface area contributed by atoms with E-state index in [-0.39, 0.29) is 10.8 Å². The van der Waals surface area contributed by atoms with Crippen LogP contribution in [0.25, 0.3) is 0 Å². The number of methoxy groups -OCH3 is 1. The quantitative estimate of drug-likeness (QED) is 0.594. The molecule has 0 saturated heterocycles. The molecular weight excluding hydrogens is 412 g/mol. The van der Waals surface area contributed by atoms with Gasteiger partial charge in [0, 0.05) is 24.8 Å². The van der Waals surface area contributed by atoms with E-state index >= 15 is 0 Å². The summed E-state index contributed by atoms with van der Waals surface area (Å²) in [6.07, 6.45) is 0. The van der Waals surface area contributed by atoms with Crippen LogP contribution in [0.15, 0.2) is 71.6 Å².